The number of alkyl halides is 1. The Morgan fingerprint density at radius 2 is 1.88 bits per heavy atom. The highest BCUT2D eigenvalue weighted by molar-refractivity contribution is 5.87. The topological polar surface area (TPSA) is 62.2 Å². The lowest BCUT2D eigenvalue weighted by Gasteiger charge is -2.30. The molecule has 1 aliphatic carbocycles. The molecule has 220 valence electrons. The van der Waals surface area contributed by atoms with Crippen molar-refractivity contribution in [2.45, 2.75) is 71.0 Å². The number of phenols is 1. The van der Waals surface area contributed by atoms with E-state index in [2.05, 4.69) is 35.2 Å². The fourth-order valence-corrected chi connectivity index (χ4v) is 6.13. The van der Waals surface area contributed by atoms with Gasteiger partial charge >= 0.3 is 6.09 Å². The Bertz CT molecular complexity index is 1290. The van der Waals surface area contributed by atoms with Crippen molar-refractivity contribution in [3.05, 3.63) is 76.4 Å². The molecule has 1 saturated heterocycles. The van der Waals surface area contributed by atoms with Crippen LogP contribution in [0.4, 0.5) is 9.18 Å². The number of hydrogen-bond donors (Lipinski definition) is 1. The van der Waals surface area contributed by atoms with Gasteiger partial charge < -0.3 is 19.5 Å². The number of amides is 1. The normalized spacial score (nSPS) is 20.0. The lowest BCUT2D eigenvalue weighted by Crippen LogP contribution is -2.39. The van der Waals surface area contributed by atoms with Gasteiger partial charge in [0, 0.05) is 32.7 Å². The number of carbonyl (C=O) groups excluding carboxylic acids is 1. The number of nitrogens with zero attached hydrogens (tertiary/aromatic N) is 2. The summed E-state index contributed by atoms with van der Waals surface area (Å²) in [6, 6.07) is 14.1. The number of benzene rings is 2. The molecule has 1 amide bonds. The number of hydrogen-bond acceptors (Lipinski definition) is 5. The third-order valence-corrected chi connectivity index (χ3v) is 8.06. The largest absolute Gasteiger partial charge is 0.508 e. The molecule has 1 fully saturated rings. The molecule has 41 heavy (non-hydrogen) atoms. The average molecular weight is 563 g/mol. The van der Waals surface area contributed by atoms with E-state index in [4.69, 9.17) is 9.47 Å². The standard InChI is InChI=1S/C34H43FN2O4/c1-34(2,3)41-33(39)37-20-14-24(15-21-37)30-7-4-6-26-22-27(38)10-13-31(26)32(30)25-8-11-28(12-9-25)40-29-16-19-36(23-29)18-5-17-35/h8-14,22,29,38H,4-7,15-21,23H2,1-3H3/t29-/m0/s1. The molecule has 1 N–H and O–H groups in total. The summed E-state index contributed by atoms with van der Waals surface area (Å²) in [7, 11) is 0. The molecule has 2 heterocycles. The highest BCUT2D eigenvalue weighted by Crippen LogP contribution is 2.41. The molecule has 0 saturated carbocycles. The molecule has 2 aromatic carbocycles. The first-order valence-electron chi connectivity index (χ1n) is 15.0. The number of phenolic OH excluding ortho intramolecular Hbond substituents is 1. The van der Waals surface area contributed by atoms with E-state index < -0.39 is 5.60 Å². The maximum Gasteiger partial charge on any atom is 0.410 e. The number of halogens is 1. The van der Waals surface area contributed by atoms with Crippen LogP contribution in [0.15, 0.2) is 59.7 Å². The first-order valence-corrected chi connectivity index (χ1v) is 15.0. The summed E-state index contributed by atoms with van der Waals surface area (Å²) >= 11 is 0. The summed E-state index contributed by atoms with van der Waals surface area (Å²) in [6.07, 6.45) is 7.15. The predicted octanol–water partition coefficient (Wildman–Crippen LogP) is 6.91. The number of fused-ring (bicyclic) bond motifs is 1. The number of allylic oxidation sites excluding steroid dienone is 1. The van der Waals surface area contributed by atoms with Crippen molar-refractivity contribution in [1.82, 2.24) is 9.80 Å². The molecule has 5 rings (SSSR count). The molecule has 3 aliphatic rings. The van der Waals surface area contributed by atoms with Crippen molar-refractivity contribution >= 4 is 11.7 Å². The number of likely N-dealkylation sites (tertiary alicyclic amines) is 1. The van der Waals surface area contributed by atoms with Crippen LogP contribution in [0.2, 0.25) is 0 Å². The van der Waals surface area contributed by atoms with E-state index >= 15 is 0 Å². The first kappa shape index (κ1) is 29.2. The third kappa shape index (κ3) is 7.31. The van der Waals surface area contributed by atoms with Crippen LogP contribution in [0.25, 0.3) is 5.57 Å². The summed E-state index contributed by atoms with van der Waals surface area (Å²) in [5, 5.41) is 10.2. The zero-order valence-corrected chi connectivity index (χ0v) is 24.6. The minimum absolute atomic E-state index is 0.122. The fraction of sp³-hybridized carbons (Fsp3) is 0.500. The van der Waals surface area contributed by atoms with Crippen molar-refractivity contribution in [2.24, 2.45) is 0 Å². The van der Waals surface area contributed by atoms with Crippen LogP contribution in [0.1, 0.15) is 69.6 Å². The summed E-state index contributed by atoms with van der Waals surface area (Å²) in [5.74, 6) is 1.13. The molecular formula is C34H43FN2O4. The Kier molecular flexibility index (Phi) is 9.03. The van der Waals surface area contributed by atoms with Crippen LogP contribution in [-0.2, 0) is 11.2 Å². The highest BCUT2D eigenvalue weighted by atomic mass is 19.1. The SMILES string of the molecule is CC(C)(C)OC(=O)N1CC=C(C2=C(c3ccc(O[C@H]4CCN(CCCF)C4)cc3)c3ccc(O)cc3CCC2)CC1. The van der Waals surface area contributed by atoms with Gasteiger partial charge in [-0.05, 0) is 117 Å². The van der Waals surface area contributed by atoms with Crippen LogP contribution in [-0.4, -0.2) is 72.1 Å². The van der Waals surface area contributed by atoms with Crippen molar-refractivity contribution < 1.29 is 23.8 Å². The van der Waals surface area contributed by atoms with Crippen LogP contribution in [0, 0.1) is 0 Å². The Morgan fingerprint density at radius 1 is 1.07 bits per heavy atom. The molecule has 7 heteroatoms. The fourth-order valence-electron chi connectivity index (χ4n) is 6.13. The van der Waals surface area contributed by atoms with Crippen LogP contribution in [0.3, 0.4) is 0 Å². The lowest BCUT2D eigenvalue weighted by molar-refractivity contribution is 0.0266. The van der Waals surface area contributed by atoms with E-state index in [1.165, 1.54) is 16.7 Å². The van der Waals surface area contributed by atoms with Gasteiger partial charge in [0.25, 0.3) is 0 Å². The van der Waals surface area contributed by atoms with Crippen LogP contribution < -0.4 is 4.74 Å². The zero-order valence-electron chi connectivity index (χ0n) is 24.6. The minimum atomic E-state index is -0.518. The number of rotatable bonds is 7. The molecule has 0 bridgehead atoms. The predicted molar refractivity (Wildman–Crippen MR) is 160 cm³/mol. The summed E-state index contributed by atoms with van der Waals surface area (Å²) in [5.41, 5.74) is 6.69. The van der Waals surface area contributed by atoms with E-state index in [0.29, 0.717) is 19.5 Å². The van der Waals surface area contributed by atoms with Crippen molar-refractivity contribution in [1.29, 1.82) is 0 Å². The van der Waals surface area contributed by atoms with Gasteiger partial charge in [0.05, 0.1) is 6.67 Å². The Morgan fingerprint density at radius 3 is 2.59 bits per heavy atom. The lowest BCUT2D eigenvalue weighted by atomic mass is 9.86. The van der Waals surface area contributed by atoms with Gasteiger partial charge in [-0.2, -0.15) is 0 Å². The molecule has 1 atom stereocenters. The molecule has 0 unspecified atom stereocenters. The average Bonchev–Trinajstić information content (AvgIpc) is 3.30. The summed E-state index contributed by atoms with van der Waals surface area (Å²) < 4.78 is 24.5. The van der Waals surface area contributed by atoms with E-state index in [-0.39, 0.29) is 24.6 Å². The third-order valence-electron chi connectivity index (χ3n) is 8.06. The van der Waals surface area contributed by atoms with E-state index in [1.54, 1.807) is 11.0 Å². The maximum atomic E-state index is 12.7. The van der Waals surface area contributed by atoms with Gasteiger partial charge in [-0.15, -0.1) is 0 Å². The second-order valence-corrected chi connectivity index (χ2v) is 12.4. The first-order chi connectivity index (χ1) is 19.7. The number of aromatic hydroxyl groups is 1. The molecule has 0 spiro atoms. The Labute approximate surface area is 243 Å². The van der Waals surface area contributed by atoms with E-state index in [1.807, 2.05) is 32.9 Å². The van der Waals surface area contributed by atoms with Crippen molar-refractivity contribution in [2.75, 3.05) is 39.4 Å². The van der Waals surface area contributed by atoms with Gasteiger partial charge in [0.15, 0.2) is 0 Å². The van der Waals surface area contributed by atoms with Gasteiger partial charge in [0.1, 0.15) is 23.2 Å². The van der Waals surface area contributed by atoms with E-state index in [9.17, 15) is 14.3 Å². The smallest absolute Gasteiger partial charge is 0.410 e. The molecule has 2 aromatic rings. The number of ether oxygens (including phenoxy) is 2. The van der Waals surface area contributed by atoms with Crippen LogP contribution in [0.5, 0.6) is 11.5 Å². The maximum absolute atomic E-state index is 12.7. The van der Waals surface area contributed by atoms with Crippen molar-refractivity contribution in [3.8, 4) is 11.5 Å². The second kappa shape index (κ2) is 12.7. The number of carbonyl (C=O) groups is 1. The Hall–Kier alpha value is -3.32. The van der Waals surface area contributed by atoms with Gasteiger partial charge in [-0.25, -0.2) is 4.79 Å². The second-order valence-electron chi connectivity index (χ2n) is 12.4. The minimum Gasteiger partial charge on any atom is -0.508 e. The van der Waals surface area contributed by atoms with Gasteiger partial charge in [-0.3, -0.25) is 9.29 Å². The van der Waals surface area contributed by atoms with Crippen LogP contribution >= 0.6 is 0 Å². The summed E-state index contributed by atoms with van der Waals surface area (Å²) in [6.45, 7) is 9.11. The van der Waals surface area contributed by atoms with E-state index in [0.717, 1.165) is 74.2 Å². The number of aryl methyl sites for hydroxylation is 1. The molecule has 2 aliphatic heterocycles. The molecule has 0 radical (unpaired) electrons. The molecule has 0 aromatic heterocycles. The van der Waals surface area contributed by atoms with Gasteiger partial charge in [0.2, 0.25) is 0 Å². The monoisotopic (exact) mass is 562 g/mol. The quantitative estimate of drug-likeness (QED) is 0.397. The zero-order chi connectivity index (χ0) is 29.0. The van der Waals surface area contributed by atoms with Gasteiger partial charge in [-0.1, -0.05) is 24.3 Å². The molecule has 6 nitrogen and oxygen atoms in total. The summed E-state index contributed by atoms with van der Waals surface area (Å²) in [4.78, 5) is 16.7. The Balaban J connectivity index is 1.41. The van der Waals surface area contributed by atoms with Crippen molar-refractivity contribution in [3.63, 3.8) is 0 Å². The highest BCUT2D eigenvalue weighted by Gasteiger charge is 2.28. The molecular weight excluding hydrogens is 519 g/mol.